The van der Waals surface area contributed by atoms with E-state index in [1.54, 1.807) is 16.7 Å². The van der Waals surface area contributed by atoms with Gasteiger partial charge < -0.3 is 0 Å². The lowest BCUT2D eigenvalue weighted by molar-refractivity contribution is 0.0811. The second-order valence-electron chi connectivity index (χ2n) is 10.7. The molecule has 4 rings (SSSR count). The van der Waals surface area contributed by atoms with Crippen LogP contribution >= 0.6 is 0 Å². The molecule has 5 unspecified atom stereocenters. The molecule has 3 aliphatic rings. The van der Waals surface area contributed by atoms with Crippen LogP contribution in [0.25, 0.3) is 0 Å². The minimum absolute atomic E-state index is 0.815. The fraction of sp³-hybridized carbons (Fsp3) is 0.724. The Morgan fingerprint density at radius 3 is 2.41 bits per heavy atom. The Hall–Kier alpha value is -1.04. The van der Waals surface area contributed by atoms with Gasteiger partial charge in [-0.3, -0.25) is 0 Å². The molecule has 5 atom stereocenters. The average Bonchev–Trinajstić information content (AvgIpc) is 2.77. The molecule has 0 bridgehead atoms. The Labute approximate surface area is 180 Å². The number of aryl methyl sites for hydroxylation is 2. The Morgan fingerprint density at radius 2 is 1.59 bits per heavy atom. The molecule has 2 saturated carbocycles. The number of fused-ring (bicyclic) bond motifs is 2. The first-order valence-electron chi connectivity index (χ1n) is 13.0. The Kier molecular flexibility index (Phi) is 7.54. The summed E-state index contributed by atoms with van der Waals surface area (Å²) in [5, 5.41) is 0. The van der Waals surface area contributed by atoms with Crippen LogP contribution in [-0.2, 0) is 19.3 Å². The van der Waals surface area contributed by atoms with Crippen molar-refractivity contribution >= 4 is 0 Å². The monoisotopic (exact) mass is 392 g/mol. The summed E-state index contributed by atoms with van der Waals surface area (Å²) in [6, 6.07) is 7.52. The van der Waals surface area contributed by atoms with Gasteiger partial charge >= 0.3 is 0 Å². The predicted octanol–water partition coefficient (Wildman–Crippen LogP) is 8.32. The van der Waals surface area contributed by atoms with Crippen molar-refractivity contribution in [2.45, 2.75) is 103 Å². The van der Waals surface area contributed by atoms with Gasteiger partial charge in [0.15, 0.2) is 0 Å². The highest BCUT2D eigenvalue weighted by molar-refractivity contribution is 5.34. The third-order valence-corrected chi connectivity index (χ3v) is 8.80. The molecular weight excluding hydrogens is 348 g/mol. The standard InChI is InChI=1S/C29H44/c1-3-5-6-7-8-9-23-11-13-27-21-29(17-15-25(27)19-23)28-16-14-24-18-22(4-2)10-12-26(24)20-28/h4,11,13,19,22,24,26,28-29H,2-3,5-10,12,14-18,20-21H2,1H3. The Bertz CT molecular complexity index is 656. The Balaban J connectivity index is 1.28. The number of allylic oxidation sites excluding steroid dienone is 1. The summed E-state index contributed by atoms with van der Waals surface area (Å²) in [6.07, 6.45) is 23.5. The molecule has 2 fully saturated rings. The molecule has 0 heteroatoms. The van der Waals surface area contributed by atoms with Crippen LogP contribution in [0.1, 0.15) is 101 Å². The van der Waals surface area contributed by atoms with E-state index in [1.165, 1.54) is 96.3 Å². The molecule has 0 radical (unpaired) electrons. The van der Waals surface area contributed by atoms with E-state index < -0.39 is 0 Å². The number of rotatable bonds is 8. The second kappa shape index (κ2) is 10.3. The van der Waals surface area contributed by atoms with Gasteiger partial charge in [-0.25, -0.2) is 0 Å². The Morgan fingerprint density at radius 1 is 0.828 bits per heavy atom. The van der Waals surface area contributed by atoms with Gasteiger partial charge in [-0.1, -0.05) is 56.9 Å². The fourth-order valence-electron chi connectivity index (χ4n) is 6.93. The second-order valence-corrected chi connectivity index (χ2v) is 10.7. The lowest BCUT2D eigenvalue weighted by Crippen LogP contribution is -2.34. The normalized spacial score (nSPS) is 31.7. The van der Waals surface area contributed by atoms with Crippen molar-refractivity contribution in [3.63, 3.8) is 0 Å². The maximum absolute atomic E-state index is 4.07. The molecule has 29 heavy (non-hydrogen) atoms. The molecule has 0 N–H and O–H groups in total. The molecule has 0 heterocycles. The van der Waals surface area contributed by atoms with Crippen LogP contribution in [-0.4, -0.2) is 0 Å². The highest BCUT2D eigenvalue weighted by atomic mass is 14.4. The predicted molar refractivity (Wildman–Crippen MR) is 126 cm³/mol. The van der Waals surface area contributed by atoms with Gasteiger partial charge in [0.1, 0.15) is 0 Å². The van der Waals surface area contributed by atoms with Crippen molar-refractivity contribution in [1.82, 2.24) is 0 Å². The maximum atomic E-state index is 4.07. The summed E-state index contributed by atoms with van der Waals surface area (Å²) < 4.78 is 0. The van der Waals surface area contributed by atoms with Gasteiger partial charge in [0.05, 0.1) is 0 Å². The largest absolute Gasteiger partial charge is 0.103 e. The lowest BCUT2D eigenvalue weighted by Gasteiger charge is -2.44. The molecule has 3 aliphatic carbocycles. The van der Waals surface area contributed by atoms with Crippen LogP contribution < -0.4 is 0 Å². The van der Waals surface area contributed by atoms with Gasteiger partial charge in [0, 0.05) is 0 Å². The van der Waals surface area contributed by atoms with Crippen molar-refractivity contribution in [2.75, 3.05) is 0 Å². The molecular formula is C29H44. The minimum atomic E-state index is 0.815. The zero-order valence-corrected chi connectivity index (χ0v) is 19.0. The van der Waals surface area contributed by atoms with Gasteiger partial charge in [-0.2, -0.15) is 0 Å². The molecule has 0 amide bonds. The molecule has 1 aromatic rings. The molecule has 160 valence electrons. The van der Waals surface area contributed by atoms with E-state index >= 15 is 0 Å². The van der Waals surface area contributed by atoms with Crippen molar-refractivity contribution in [1.29, 1.82) is 0 Å². The summed E-state index contributed by atoms with van der Waals surface area (Å²) >= 11 is 0. The van der Waals surface area contributed by atoms with Gasteiger partial charge in [-0.05, 0) is 117 Å². The van der Waals surface area contributed by atoms with Crippen LogP contribution in [0.15, 0.2) is 30.9 Å². The van der Waals surface area contributed by atoms with Crippen LogP contribution in [0.5, 0.6) is 0 Å². The molecule has 0 spiro atoms. The number of benzene rings is 1. The first-order chi connectivity index (χ1) is 14.3. The third-order valence-electron chi connectivity index (χ3n) is 8.80. The lowest BCUT2D eigenvalue weighted by atomic mass is 9.61. The van der Waals surface area contributed by atoms with E-state index in [0.29, 0.717) is 0 Å². The minimum Gasteiger partial charge on any atom is -0.103 e. The van der Waals surface area contributed by atoms with E-state index in [4.69, 9.17) is 0 Å². The summed E-state index contributed by atoms with van der Waals surface area (Å²) in [5.74, 6) is 4.82. The van der Waals surface area contributed by atoms with Crippen LogP contribution in [0.3, 0.4) is 0 Å². The quantitative estimate of drug-likeness (QED) is 0.308. The van der Waals surface area contributed by atoms with E-state index in [0.717, 1.165) is 29.6 Å². The van der Waals surface area contributed by atoms with Crippen molar-refractivity contribution in [3.05, 3.63) is 47.5 Å². The topological polar surface area (TPSA) is 0 Å². The van der Waals surface area contributed by atoms with Crippen LogP contribution in [0.2, 0.25) is 0 Å². The zero-order valence-electron chi connectivity index (χ0n) is 19.0. The molecule has 1 aromatic carbocycles. The number of hydrogen-bond acceptors (Lipinski definition) is 0. The van der Waals surface area contributed by atoms with Crippen molar-refractivity contribution in [3.8, 4) is 0 Å². The van der Waals surface area contributed by atoms with Crippen molar-refractivity contribution < 1.29 is 0 Å². The highest BCUT2D eigenvalue weighted by Gasteiger charge is 2.38. The van der Waals surface area contributed by atoms with E-state index in [1.807, 2.05) is 0 Å². The summed E-state index contributed by atoms with van der Waals surface area (Å²) in [7, 11) is 0. The van der Waals surface area contributed by atoms with Crippen LogP contribution in [0, 0.1) is 29.6 Å². The van der Waals surface area contributed by atoms with Gasteiger partial charge in [0.2, 0.25) is 0 Å². The first kappa shape index (κ1) is 21.2. The zero-order chi connectivity index (χ0) is 20.1. The molecule has 0 saturated heterocycles. The molecule has 0 aliphatic heterocycles. The number of hydrogen-bond donors (Lipinski definition) is 0. The SMILES string of the molecule is C=CC1CCC2CC(C3CCc4cc(CCCCCCC)ccc4C3)CCC2C1. The highest BCUT2D eigenvalue weighted by Crippen LogP contribution is 2.48. The molecule has 0 aromatic heterocycles. The average molecular weight is 393 g/mol. The summed E-state index contributed by atoms with van der Waals surface area (Å²) in [5.41, 5.74) is 4.97. The summed E-state index contributed by atoms with van der Waals surface area (Å²) in [4.78, 5) is 0. The number of unbranched alkanes of at least 4 members (excludes halogenated alkanes) is 4. The smallest absolute Gasteiger partial charge is 0.0233 e. The fourth-order valence-corrected chi connectivity index (χ4v) is 6.93. The third kappa shape index (κ3) is 5.36. The molecule has 0 nitrogen and oxygen atoms in total. The van der Waals surface area contributed by atoms with Gasteiger partial charge in [0.25, 0.3) is 0 Å². The van der Waals surface area contributed by atoms with Crippen LogP contribution in [0.4, 0.5) is 0 Å². The maximum Gasteiger partial charge on any atom is -0.0233 e. The summed E-state index contributed by atoms with van der Waals surface area (Å²) in [6.45, 7) is 6.37. The van der Waals surface area contributed by atoms with E-state index in [2.05, 4.69) is 37.8 Å². The van der Waals surface area contributed by atoms with Gasteiger partial charge in [-0.15, -0.1) is 6.58 Å². The van der Waals surface area contributed by atoms with E-state index in [9.17, 15) is 0 Å². The first-order valence-corrected chi connectivity index (χ1v) is 13.0. The van der Waals surface area contributed by atoms with Crippen molar-refractivity contribution in [2.24, 2.45) is 29.6 Å². The van der Waals surface area contributed by atoms with E-state index in [-0.39, 0.29) is 0 Å².